The van der Waals surface area contributed by atoms with Crippen LogP contribution in [0.3, 0.4) is 0 Å². The van der Waals surface area contributed by atoms with Crippen LogP contribution in [0, 0.1) is 5.41 Å². The number of carboxylic acids is 1. The molecule has 14 heavy (non-hydrogen) atoms. The molecule has 0 aliphatic carbocycles. The maximum absolute atomic E-state index is 11.7. The van der Waals surface area contributed by atoms with E-state index in [1.165, 1.54) is 6.33 Å². The summed E-state index contributed by atoms with van der Waals surface area (Å²) in [4.78, 5) is 28.5. The van der Waals surface area contributed by atoms with Crippen molar-refractivity contribution in [1.29, 1.82) is 0 Å². The number of aromatic carboxylic acids is 1. The van der Waals surface area contributed by atoms with Crippen molar-refractivity contribution in [3.63, 3.8) is 0 Å². The van der Waals surface area contributed by atoms with Crippen molar-refractivity contribution in [2.75, 3.05) is 0 Å². The minimum atomic E-state index is -1.17. The van der Waals surface area contributed by atoms with Gasteiger partial charge in [0.1, 0.15) is 5.69 Å². The lowest BCUT2D eigenvalue weighted by Crippen LogP contribution is -2.22. The quantitative estimate of drug-likeness (QED) is 0.699. The second-order valence-corrected chi connectivity index (χ2v) is 4.01. The molecule has 5 nitrogen and oxygen atoms in total. The predicted molar refractivity (Wildman–Crippen MR) is 49.3 cm³/mol. The molecule has 0 aromatic carbocycles. The van der Waals surface area contributed by atoms with Crippen LogP contribution in [0.5, 0.6) is 0 Å². The smallest absolute Gasteiger partial charge is 0.354 e. The third-order valence-corrected chi connectivity index (χ3v) is 1.75. The van der Waals surface area contributed by atoms with Crippen LogP contribution >= 0.6 is 0 Å². The predicted octanol–water partition coefficient (Wildman–Crippen LogP) is 1.34. The molecule has 0 aliphatic heterocycles. The molecule has 0 radical (unpaired) electrons. The summed E-state index contributed by atoms with van der Waals surface area (Å²) in [6.07, 6.45) is 1.21. The number of aromatic nitrogens is 2. The molecule has 0 fully saturated rings. The number of nitrogens with one attached hydrogen (secondary N) is 1. The number of hydrogen-bond donors (Lipinski definition) is 2. The zero-order valence-electron chi connectivity index (χ0n) is 8.29. The van der Waals surface area contributed by atoms with Gasteiger partial charge in [-0.1, -0.05) is 20.8 Å². The standard InChI is InChI=1S/C9H12N2O3/c1-9(2,3)7(12)5-6(8(13)14)11-4-10-5/h4H,1-3H3,(H,10,11)(H,13,14). The van der Waals surface area contributed by atoms with Gasteiger partial charge in [0, 0.05) is 5.41 Å². The average Bonchev–Trinajstić information content (AvgIpc) is 2.48. The molecule has 0 atom stereocenters. The maximum atomic E-state index is 11.7. The highest BCUT2D eigenvalue weighted by Crippen LogP contribution is 2.21. The number of Topliss-reactive ketones (excluding diaryl/α,β-unsaturated/α-hetero) is 1. The normalized spacial score (nSPS) is 11.4. The second-order valence-electron chi connectivity index (χ2n) is 4.01. The lowest BCUT2D eigenvalue weighted by Gasteiger charge is -2.14. The Morgan fingerprint density at radius 1 is 1.43 bits per heavy atom. The molecule has 0 spiro atoms. The van der Waals surface area contributed by atoms with E-state index in [4.69, 9.17) is 5.11 Å². The van der Waals surface area contributed by atoms with Gasteiger partial charge in [-0.3, -0.25) is 4.79 Å². The molecule has 76 valence electrons. The van der Waals surface area contributed by atoms with Crippen molar-refractivity contribution >= 4 is 11.8 Å². The Morgan fingerprint density at radius 3 is 2.43 bits per heavy atom. The number of ketones is 1. The lowest BCUT2D eigenvalue weighted by atomic mass is 9.88. The summed E-state index contributed by atoms with van der Waals surface area (Å²) in [5.74, 6) is -1.45. The zero-order chi connectivity index (χ0) is 10.9. The summed E-state index contributed by atoms with van der Waals surface area (Å²) in [6, 6.07) is 0. The Hall–Kier alpha value is -1.65. The molecule has 0 saturated heterocycles. The van der Waals surface area contributed by atoms with Gasteiger partial charge in [-0.05, 0) is 0 Å². The molecule has 0 aliphatic rings. The largest absolute Gasteiger partial charge is 0.477 e. The van der Waals surface area contributed by atoms with Crippen LogP contribution in [0.15, 0.2) is 6.33 Å². The van der Waals surface area contributed by atoms with Crippen LogP contribution in [0.25, 0.3) is 0 Å². The zero-order valence-corrected chi connectivity index (χ0v) is 8.29. The first kappa shape index (κ1) is 10.4. The molecule has 0 bridgehead atoms. The van der Waals surface area contributed by atoms with Gasteiger partial charge in [-0.15, -0.1) is 0 Å². The van der Waals surface area contributed by atoms with Crippen molar-refractivity contribution < 1.29 is 14.7 Å². The Labute approximate surface area is 81.2 Å². The van der Waals surface area contributed by atoms with Gasteiger partial charge < -0.3 is 10.1 Å². The monoisotopic (exact) mass is 196 g/mol. The fourth-order valence-electron chi connectivity index (χ4n) is 0.985. The average molecular weight is 196 g/mol. The number of carboxylic acid groups (broad SMARTS) is 1. The Balaban J connectivity index is 3.14. The van der Waals surface area contributed by atoms with Crippen LogP contribution in [-0.2, 0) is 0 Å². The molecule has 1 aromatic rings. The summed E-state index contributed by atoms with van der Waals surface area (Å²) >= 11 is 0. The summed E-state index contributed by atoms with van der Waals surface area (Å²) in [5, 5.41) is 8.75. The SMILES string of the molecule is CC(C)(C)C(=O)c1nc[nH]c1C(=O)O. The van der Waals surface area contributed by atoms with Crippen molar-refractivity contribution in [1.82, 2.24) is 9.97 Å². The minimum Gasteiger partial charge on any atom is -0.477 e. The van der Waals surface area contributed by atoms with E-state index in [1.807, 2.05) is 0 Å². The van der Waals surface area contributed by atoms with Gasteiger partial charge >= 0.3 is 5.97 Å². The number of carbonyl (C=O) groups excluding carboxylic acids is 1. The number of rotatable bonds is 2. The van der Waals surface area contributed by atoms with Crippen LogP contribution in [-0.4, -0.2) is 26.8 Å². The summed E-state index contributed by atoms with van der Waals surface area (Å²) in [6.45, 7) is 5.15. The van der Waals surface area contributed by atoms with Crippen LogP contribution in [0.1, 0.15) is 41.7 Å². The van der Waals surface area contributed by atoms with Crippen LogP contribution < -0.4 is 0 Å². The minimum absolute atomic E-state index is 0.00926. The van der Waals surface area contributed by atoms with E-state index in [-0.39, 0.29) is 17.2 Å². The number of nitrogens with zero attached hydrogens (tertiary/aromatic N) is 1. The third-order valence-electron chi connectivity index (χ3n) is 1.75. The fourth-order valence-corrected chi connectivity index (χ4v) is 0.985. The van der Waals surface area contributed by atoms with Gasteiger partial charge in [0.15, 0.2) is 11.5 Å². The van der Waals surface area contributed by atoms with E-state index in [0.717, 1.165) is 0 Å². The summed E-state index contributed by atoms with van der Waals surface area (Å²) < 4.78 is 0. The molecule has 5 heteroatoms. The number of H-pyrrole nitrogens is 1. The molecular weight excluding hydrogens is 184 g/mol. The van der Waals surface area contributed by atoms with Gasteiger partial charge in [-0.25, -0.2) is 9.78 Å². The van der Waals surface area contributed by atoms with Crippen molar-refractivity contribution in [3.8, 4) is 0 Å². The van der Waals surface area contributed by atoms with Gasteiger partial charge in [-0.2, -0.15) is 0 Å². The molecule has 2 N–H and O–H groups in total. The highest BCUT2D eigenvalue weighted by Gasteiger charge is 2.29. The summed E-state index contributed by atoms with van der Waals surface area (Å²) in [7, 11) is 0. The van der Waals surface area contributed by atoms with Crippen LogP contribution in [0.2, 0.25) is 0 Å². The maximum Gasteiger partial charge on any atom is 0.354 e. The number of hydrogen-bond acceptors (Lipinski definition) is 3. The first-order chi connectivity index (χ1) is 6.34. The van der Waals surface area contributed by atoms with E-state index in [1.54, 1.807) is 20.8 Å². The lowest BCUT2D eigenvalue weighted by molar-refractivity contribution is 0.0681. The molecule has 0 amide bonds. The number of carbonyl (C=O) groups is 2. The summed E-state index contributed by atoms with van der Waals surface area (Å²) in [5.41, 5.74) is -0.783. The second kappa shape index (κ2) is 3.25. The molecule has 0 unspecified atom stereocenters. The Kier molecular flexibility index (Phi) is 2.42. The van der Waals surface area contributed by atoms with Crippen LogP contribution in [0.4, 0.5) is 0 Å². The topological polar surface area (TPSA) is 83.0 Å². The first-order valence-electron chi connectivity index (χ1n) is 4.15. The first-order valence-corrected chi connectivity index (χ1v) is 4.15. The number of aromatic amines is 1. The van der Waals surface area contributed by atoms with E-state index in [2.05, 4.69) is 9.97 Å². The van der Waals surface area contributed by atoms with Gasteiger partial charge in [0.05, 0.1) is 6.33 Å². The highest BCUT2D eigenvalue weighted by molar-refractivity contribution is 6.05. The highest BCUT2D eigenvalue weighted by atomic mass is 16.4. The molecule has 0 saturated carbocycles. The molecule has 1 rings (SSSR count). The van der Waals surface area contributed by atoms with E-state index in [0.29, 0.717) is 0 Å². The van der Waals surface area contributed by atoms with E-state index < -0.39 is 11.4 Å². The third kappa shape index (κ3) is 1.81. The van der Waals surface area contributed by atoms with Gasteiger partial charge in [0.2, 0.25) is 0 Å². The Bertz CT molecular complexity index is 374. The van der Waals surface area contributed by atoms with Gasteiger partial charge in [0.25, 0.3) is 0 Å². The molecular formula is C9H12N2O3. The molecule has 1 aromatic heterocycles. The van der Waals surface area contributed by atoms with Crippen molar-refractivity contribution in [2.24, 2.45) is 5.41 Å². The van der Waals surface area contributed by atoms with Crippen molar-refractivity contribution in [3.05, 3.63) is 17.7 Å². The van der Waals surface area contributed by atoms with E-state index >= 15 is 0 Å². The fraction of sp³-hybridized carbons (Fsp3) is 0.444. The van der Waals surface area contributed by atoms with E-state index in [9.17, 15) is 9.59 Å². The number of imidazole rings is 1. The Morgan fingerprint density at radius 2 is 2.00 bits per heavy atom. The molecule has 1 heterocycles. The van der Waals surface area contributed by atoms with Crippen molar-refractivity contribution in [2.45, 2.75) is 20.8 Å².